The molecular weight excluding hydrogens is 244 g/mol. The van der Waals surface area contributed by atoms with Crippen molar-refractivity contribution < 1.29 is 4.92 Å². The average molecular weight is 266 g/mol. The summed E-state index contributed by atoms with van der Waals surface area (Å²) in [6.45, 7) is 2.45. The highest BCUT2D eigenvalue weighted by molar-refractivity contribution is 5.59. The maximum absolute atomic E-state index is 11.0. The van der Waals surface area contributed by atoms with Gasteiger partial charge in [0.1, 0.15) is 5.69 Å². The molecule has 1 aromatic rings. The minimum absolute atomic E-state index is 0.103. The van der Waals surface area contributed by atoms with Crippen molar-refractivity contribution in [3.05, 3.63) is 15.8 Å². The van der Waals surface area contributed by atoms with E-state index < -0.39 is 0 Å². The van der Waals surface area contributed by atoms with Gasteiger partial charge >= 0.3 is 5.69 Å². The average Bonchev–Trinajstić information content (AvgIpc) is 2.65. The van der Waals surface area contributed by atoms with Gasteiger partial charge < -0.3 is 5.32 Å². The van der Waals surface area contributed by atoms with E-state index in [1.165, 1.54) is 32.1 Å². The second-order valence-corrected chi connectivity index (χ2v) is 5.38. The number of nitrogens with zero attached hydrogens (tertiary/aromatic N) is 3. The summed E-state index contributed by atoms with van der Waals surface area (Å²) >= 11 is 0. The normalized spacial score (nSPS) is 16.5. The maximum Gasteiger partial charge on any atom is 0.333 e. The monoisotopic (exact) mass is 266 g/mol. The van der Waals surface area contributed by atoms with Crippen molar-refractivity contribution in [1.82, 2.24) is 9.78 Å². The first kappa shape index (κ1) is 13.8. The van der Waals surface area contributed by atoms with E-state index in [0.717, 1.165) is 18.9 Å². The molecule has 1 fully saturated rings. The molecule has 1 aliphatic carbocycles. The highest BCUT2D eigenvalue weighted by Crippen LogP contribution is 2.29. The van der Waals surface area contributed by atoms with Gasteiger partial charge in [-0.25, -0.2) is 4.68 Å². The summed E-state index contributed by atoms with van der Waals surface area (Å²) in [4.78, 5) is 10.7. The molecular formula is C13H22N4O2. The van der Waals surface area contributed by atoms with Gasteiger partial charge in [0.15, 0.2) is 0 Å². The standard InChI is InChI=1S/C13H22N4O2/c1-10-12(17(18)19)13(16(2)15-10)14-9-8-11-6-4-3-5-7-11/h11,14H,3-9H2,1-2H3. The van der Waals surface area contributed by atoms with Crippen molar-refractivity contribution in [3.63, 3.8) is 0 Å². The van der Waals surface area contributed by atoms with Crippen LogP contribution >= 0.6 is 0 Å². The number of rotatable bonds is 5. The van der Waals surface area contributed by atoms with Crippen LogP contribution in [0.5, 0.6) is 0 Å². The Morgan fingerprint density at radius 2 is 2.11 bits per heavy atom. The molecule has 0 radical (unpaired) electrons. The van der Waals surface area contributed by atoms with E-state index in [1.807, 2.05) is 0 Å². The van der Waals surface area contributed by atoms with E-state index in [1.54, 1.807) is 18.7 Å². The summed E-state index contributed by atoms with van der Waals surface area (Å²) in [7, 11) is 1.74. The molecule has 0 spiro atoms. The van der Waals surface area contributed by atoms with Crippen LogP contribution in [-0.4, -0.2) is 21.2 Å². The molecule has 1 heterocycles. The first-order valence-corrected chi connectivity index (χ1v) is 7.01. The van der Waals surface area contributed by atoms with Crippen molar-refractivity contribution in [2.24, 2.45) is 13.0 Å². The molecule has 0 aromatic carbocycles. The molecule has 1 aliphatic rings. The van der Waals surface area contributed by atoms with Crippen LogP contribution in [0.25, 0.3) is 0 Å². The number of hydrogen-bond acceptors (Lipinski definition) is 4. The van der Waals surface area contributed by atoms with Gasteiger partial charge in [-0.15, -0.1) is 0 Å². The van der Waals surface area contributed by atoms with Crippen LogP contribution in [0.15, 0.2) is 0 Å². The predicted molar refractivity (Wildman–Crippen MR) is 74.3 cm³/mol. The Morgan fingerprint density at radius 3 is 2.74 bits per heavy atom. The lowest BCUT2D eigenvalue weighted by atomic mass is 9.87. The molecule has 1 saturated carbocycles. The number of nitrogens with one attached hydrogen (secondary N) is 1. The molecule has 0 aliphatic heterocycles. The molecule has 1 aromatic heterocycles. The fourth-order valence-corrected chi connectivity index (χ4v) is 2.93. The third kappa shape index (κ3) is 3.24. The first-order chi connectivity index (χ1) is 9.09. The van der Waals surface area contributed by atoms with Crippen molar-refractivity contribution >= 4 is 11.5 Å². The van der Waals surface area contributed by atoms with Crippen molar-refractivity contribution in [1.29, 1.82) is 0 Å². The molecule has 0 saturated heterocycles. The lowest BCUT2D eigenvalue weighted by molar-refractivity contribution is -0.384. The van der Waals surface area contributed by atoms with Crippen LogP contribution in [-0.2, 0) is 7.05 Å². The van der Waals surface area contributed by atoms with Crippen LogP contribution < -0.4 is 5.32 Å². The molecule has 0 unspecified atom stereocenters. The van der Waals surface area contributed by atoms with Gasteiger partial charge in [-0.3, -0.25) is 10.1 Å². The quantitative estimate of drug-likeness (QED) is 0.656. The van der Waals surface area contributed by atoms with E-state index in [9.17, 15) is 10.1 Å². The first-order valence-electron chi connectivity index (χ1n) is 7.01. The molecule has 106 valence electrons. The minimum Gasteiger partial charge on any atom is -0.365 e. The van der Waals surface area contributed by atoms with Gasteiger partial charge in [-0.1, -0.05) is 32.1 Å². The predicted octanol–water partition coefficient (Wildman–Crippen LogP) is 3.02. The Morgan fingerprint density at radius 1 is 1.42 bits per heavy atom. The Balaban J connectivity index is 1.93. The van der Waals surface area contributed by atoms with E-state index in [4.69, 9.17) is 0 Å². The van der Waals surface area contributed by atoms with Gasteiger partial charge in [-0.2, -0.15) is 5.10 Å². The Bertz CT molecular complexity index is 450. The van der Waals surface area contributed by atoms with Crippen LogP contribution in [0.2, 0.25) is 0 Å². The summed E-state index contributed by atoms with van der Waals surface area (Å²) in [5.41, 5.74) is 0.568. The van der Waals surface area contributed by atoms with Gasteiger partial charge in [-0.05, 0) is 19.3 Å². The highest BCUT2D eigenvalue weighted by Gasteiger charge is 2.23. The smallest absolute Gasteiger partial charge is 0.333 e. The van der Waals surface area contributed by atoms with Crippen LogP contribution in [0.1, 0.15) is 44.2 Å². The summed E-state index contributed by atoms with van der Waals surface area (Å²) in [5, 5.41) is 18.3. The molecule has 1 N–H and O–H groups in total. The summed E-state index contributed by atoms with van der Waals surface area (Å²) in [6, 6.07) is 0. The summed E-state index contributed by atoms with van der Waals surface area (Å²) in [5.74, 6) is 1.30. The fourth-order valence-electron chi connectivity index (χ4n) is 2.93. The van der Waals surface area contributed by atoms with Crippen molar-refractivity contribution in [3.8, 4) is 0 Å². The second-order valence-electron chi connectivity index (χ2n) is 5.38. The SMILES string of the molecule is Cc1nn(C)c(NCCC2CCCCC2)c1[N+](=O)[O-]. The summed E-state index contributed by atoms with van der Waals surface area (Å²) < 4.78 is 1.56. The Labute approximate surface area is 113 Å². The molecule has 19 heavy (non-hydrogen) atoms. The zero-order chi connectivity index (χ0) is 13.8. The number of anilines is 1. The lowest BCUT2D eigenvalue weighted by Crippen LogP contribution is -2.14. The topological polar surface area (TPSA) is 73.0 Å². The largest absolute Gasteiger partial charge is 0.365 e. The summed E-state index contributed by atoms with van der Waals surface area (Å²) in [6.07, 6.45) is 7.70. The van der Waals surface area contributed by atoms with Gasteiger partial charge in [0.05, 0.1) is 4.92 Å². The molecule has 0 atom stereocenters. The van der Waals surface area contributed by atoms with Gasteiger partial charge in [0, 0.05) is 13.6 Å². The van der Waals surface area contributed by atoms with Crippen LogP contribution in [0.4, 0.5) is 11.5 Å². The van der Waals surface area contributed by atoms with Gasteiger partial charge in [0.25, 0.3) is 0 Å². The molecule has 6 nitrogen and oxygen atoms in total. The Kier molecular flexibility index (Phi) is 4.39. The van der Waals surface area contributed by atoms with Crippen molar-refractivity contribution in [2.75, 3.05) is 11.9 Å². The Hall–Kier alpha value is -1.59. The number of aromatic nitrogens is 2. The van der Waals surface area contributed by atoms with E-state index in [-0.39, 0.29) is 10.6 Å². The molecule has 2 rings (SSSR count). The van der Waals surface area contributed by atoms with E-state index >= 15 is 0 Å². The lowest BCUT2D eigenvalue weighted by Gasteiger charge is -2.21. The minimum atomic E-state index is -0.356. The zero-order valence-corrected chi connectivity index (χ0v) is 11.7. The third-order valence-corrected chi connectivity index (χ3v) is 3.94. The number of aryl methyl sites for hydroxylation is 2. The third-order valence-electron chi connectivity index (χ3n) is 3.94. The molecule has 0 bridgehead atoms. The van der Waals surface area contributed by atoms with Crippen molar-refractivity contribution in [2.45, 2.75) is 45.4 Å². The fraction of sp³-hybridized carbons (Fsp3) is 0.769. The highest BCUT2D eigenvalue weighted by atomic mass is 16.6. The van der Waals surface area contributed by atoms with Gasteiger partial charge in [0.2, 0.25) is 5.82 Å². The molecule has 6 heteroatoms. The van der Waals surface area contributed by atoms with Crippen LogP contribution in [0, 0.1) is 23.0 Å². The number of nitro groups is 1. The maximum atomic E-state index is 11.0. The van der Waals surface area contributed by atoms with E-state index in [0.29, 0.717) is 11.5 Å². The van der Waals surface area contributed by atoms with E-state index in [2.05, 4.69) is 10.4 Å². The zero-order valence-electron chi connectivity index (χ0n) is 11.7. The van der Waals surface area contributed by atoms with Crippen LogP contribution in [0.3, 0.4) is 0 Å². The second kappa shape index (κ2) is 6.04. The number of hydrogen-bond donors (Lipinski definition) is 1. The molecule has 0 amide bonds.